The van der Waals surface area contributed by atoms with Crippen LogP contribution in [0.2, 0.25) is 0 Å². The summed E-state index contributed by atoms with van der Waals surface area (Å²) in [7, 11) is 0. The van der Waals surface area contributed by atoms with Gasteiger partial charge in [0.1, 0.15) is 5.75 Å². The number of hydrogen-bond donors (Lipinski definition) is 0. The molecule has 4 nitrogen and oxygen atoms in total. The van der Waals surface area contributed by atoms with Crippen LogP contribution in [0.25, 0.3) is 10.8 Å². The second-order valence-corrected chi connectivity index (χ2v) is 5.26. The highest BCUT2D eigenvalue weighted by atomic mass is 16.5. The van der Waals surface area contributed by atoms with Gasteiger partial charge in [0.2, 0.25) is 0 Å². The molecule has 21 heavy (non-hydrogen) atoms. The number of rotatable bonds is 3. The summed E-state index contributed by atoms with van der Waals surface area (Å²) in [5.74, 6) is 0.150. The largest absolute Gasteiger partial charge is 0.426 e. The molecule has 1 aliphatic heterocycles. The first kappa shape index (κ1) is 13.8. The van der Waals surface area contributed by atoms with Crippen LogP contribution in [-0.4, -0.2) is 25.0 Å². The Morgan fingerprint density at radius 3 is 2.62 bits per heavy atom. The molecule has 1 fully saturated rings. The smallest absolute Gasteiger partial charge is 0.316 e. The number of ketones is 1. The van der Waals surface area contributed by atoms with Gasteiger partial charge >= 0.3 is 5.97 Å². The molecule has 0 spiro atoms. The van der Waals surface area contributed by atoms with Crippen LogP contribution in [0.15, 0.2) is 36.4 Å². The SMILES string of the molecule is CC(=O)c1ccc2cc(OC(=O)C3CCOC3)ccc2c1. The van der Waals surface area contributed by atoms with Crippen LogP contribution in [0.3, 0.4) is 0 Å². The van der Waals surface area contributed by atoms with Gasteiger partial charge in [-0.2, -0.15) is 0 Å². The Kier molecular flexibility index (Phi) is 3.71. The van der Waals surface area contributed by atoms with Crippen molar-refractivity contribution in [3.63, 3.8) is 0 Å². The van der Waals surface area contributed by atoms with Crippen molar-refractivity contribution in [2.75, 3.05) is 13.2 Å². The van der Waals surface area contributed by atoms with Gasteiger partial charge in [-0.1, -0.05) is 18.2 Å². The highest BCUT2D eigenvalue weighted by Crippen LogP contribution is 2.24. The van der Waals surface area contributed by atoms with Crippen LogP contribution in [0, 0.1) is 5.92 Å². The second-order valence-electron chi connectivity index (χ2n) is 5.26. The first-order valence-corrected chi connectivity index (χ1v) is 6.98. The van der Waals surface area contributed by atoms with Gasteiger partial charge in [-0.05, 0) is 42.3 Å². The molecule has 0 amide bonds. The summed E-state index contributed by atoms with van der Waals surface area (Å²) in [6, 6.07) is 10.9. The zero-order valence-corrected chi connectivity index (χ0v) is 11.8. The van der Waals surface area contributed by atoms with Crippen molar-refractivity contribution in [2.45, 2.75) is 13.3 Å². The van der Waals surface area contributed by atoms with E-state index in [1.54, 1.807) is 19.1 Å². The monoisotopic (exact) mass is 284 g/mol. The summed E-state index contributed by atoms with van der Waals surface area (Å²) in [5.41, 5.74) is 0.676. The van der Waals surface area contributed by atoms with E-state index in [9.17, 15) is 9.59 Å². The van der Waals surface area contributed by atoms with Crippen LogP contribution in [0.5, 0.6) is 5.75 Å². The summed E-state index contributed by atoms with van der Waals surface area (Å²) in [6.07, 6.45) is 0.717. The van der Waals surface area contributed by atoms with Crippen molar-refractivity contribution >= 4 is 22.5 Å². The number of hydrogen-bond acceptors (Lipinski definition) is 4. The molecule has 1 atom stereocenters. The minimum absolute atomic E-state index is 0.0358. The van der Waals surface area contributed by atoms with Crippen LogP contribution in [-0.2, 0) is 9.53 Å². The molecule has 0 aromatic heterocycles. The van der Waals surface area contributed by atoms with E-state index < -0.39 is 0 Å². The minimum atomic E-state index is -0.243. The maximum atomic E-state index is 11.9. The molecule has 0 radical (unpaired) electrons. The standard InChI is InChI=1S/C17H16O4/c1-11(18)12-2-3-14-9-16(5-4-13(14)8-12)21-17(19)15-6-7-20-10-15/h2-5,8-9,15H,6-7,10H2,1H3. The topological polar surface area (TPSA) is 52.6 Å². The zero-order valence-electron chi connectivity index (χ0n) is 11.8. The number of Topliss-reactive ketones (excluding diaryl/α,β-unsaturated/α-hetero) is 1. The third kappa shape index (κ3) is 2.95. The van der Waals surface area contributed by atoms with Gasteiger partial charge in [0.05, 0.1) is 12.5 Å². The molecule has 0 bridgehead atoms. The van der Waals surface area contributed by atoms with E-state index >= 15 is 0 Å². The number of carbonyl (C=O) groups excluding carboxylic acids is 2. The predicted octanol–water partition coefficient (Wildman–Crippen LogP) is 2.98. The highest BCUT2D eigenvalue weighted by molar-refractivity contribution is 5.98. The Hall–Kier alpha value is -2.20. The van der Waals surface area contributed by atoms with Crippen molar-refractivity contribution in [1.82, 2.24) is 0 Å². The summed E-state index contributed by atoms with van der Waals surface area (Å²) >= 11 is 0. The lowest BCUT2D eigenvalue weighted by molar-refractivity contribution is -0.138. The molecule has 2 aromatic rings. The summed E-state index contributed by atoms with van der Waals surface area (Å²) in [6.45, 7) is 2.60. The summed E-state index contributed by atoms with van der Waals surface area (Å²) < 4.78 is 10.6. The van der Waals surface area contributed by atoms with Crippen molar-refractivity contribution in [1.29, 1.82) is 0 Å². The Morgan fingerprint density at radius 2 is 1.90 bits per heavy atom. The molecule has 4 heteroatoms. The first-order chi connectivity index (χ1) is 10.1. The lowest BCUT2D eigenvalue weighted by Crippen LogP contribution is -2.20. The lowest BCUT2D eigenvalue weighted by Gasteiger charge is -2.09. The maximum Gasteiger partial charge on any atom is 0.316 e. The van der Waals surface area contributed by atoms with Gasteiger partial charge < -0.3 is 9.47 Å². The molecule has 1 heterocycles. The van der Waals surface area contributed by atoms with E-state index in [0.717, 1.165) is 10.8 Å². The van der Waals surface area contributed by atoms with Crippen molar-refractivity contribution < 1.29 is 19.1 Å². The molecule has 2 aromatic carbocycles. The molecule has 0 saturated carbocycles. The van der Waals surface area contributed by atoms with Crippen LogP contribution >= 0.6 is 0 Å². The number of benzene rings is 2. The van der Waals surface area contributed by atoms with Crippen molar-refractivity contribution in [2.24, 2.45) is 5.92 Å². The first-order valence-electron chi connectivity index (χ1n) is 6.98. The van der Waals surface area contributed by atoms with Gasteiger partial charge in [0.25, 0.3) is 0 Å². The predicted molar refractivity (Wildman–Crippen MR) is 78.5 cm³/mol. The molecular weight excluding hydrogens is 268 g/mol. The molecule has 1 aliphatic rings. The van der Waals surface area contributed by atoms with Crippen LogP contribution in [0.1, 0.15) is 23.7 Å². The maximum absolute atomic E-state index is 11.9. The van der Waals surface area contributed by atoms with E-state index in [2.05, 4.69) is 0 Å². The third-order valence-electron chi connectivity index (χ3n) is 3.70. The summed E-state index contributed by atoms with van der Waals surface area (Å²) in [5, 5.41) is 1.89. The van der Waals surface area contributed by atoms with Gasteiger partial charge in [0.15, 0.2) is 5.78 Å². The van der Waals surface area contributed by atoms with Gasteiger partial charge in [-0.25, -0.2) is 0 Å². The highest BCUT2D eigenvalue weighted by Gasteiger charge is 2.25. The second kappa shape index (κ2) is 5.66. The Morgan fingerprint density at radius 1 is 1.14 bits per heavy atom. The fraction of sp³-hybridized carbons (Fsp3) is 0.294. The molecule has 0 aliphatic carbocycles. The number of ether oxygens (including phenoxy) is 2. The molecule has 1 unspecified atom stereocenters. The van der Waals surface area contributed by atoms with E-state index in [1.807, 2.05) is 24.3 Å². The fourth-order valence-corrected chi connectivity index (χ4v) is 2.43. The van der Waals surface area contributed by atoms with E-state index in [-0.39, 0.29) is 17.7 Å². The van der Waals surface area contributed by atoms with E-state index in [1.165, 1.54) is 0 Å². The lowest BCUT2D eigenvalue weighted by atomic mass is 10.0. The fourth-order valence-electron chi connectivity index (χ4n) is 2.43. The molecular formula is C17H16O4. The number of fused-ring (bicyclic) bond motifs is 1. The van der Waals surface area contributed by atoms with Gasteiger partial charge in [-0.3, -0.25) is 9.59 Å². The van der Waals surface area contributed by atoms with Crippen molar-refractivity contribution in [3.05, 3.63) is 42.0 Å². The molecule has 0 N–H and O–H groups in total. The van der Waals surface area contributed by atoms with Gasteiger partial charge in [-0.15, -0.1) is 0 Å². The Balaban J connectivity index is 1.82. The molecule has 3 rings (SSSR count). The van der Waals surface area contributed by atoms with E-state index in [4.69, 9.17) is 9.47 Å². The molecule has 108 valence electrons. The van der Waals surface area contributed by atoms with Crippen LogP contribution in [0.4, 0.5) is 0 Å². The van der Waals surface area contributed by atoms with Crippen molar-refractivity contribution in [3.8, 4) is 5.75 Å². The number of esters is 1. The normalized spacial score (nSPS) is 17.9. The van der Waals surface area contributed by atoms with Gasteiger partial charge in [0, 0.05) is 12.2 Å². The zero-order chi connectivity index (χ0) is 14.8. The Bertz CT molecular complexity index is 699. The Labute approximate surface area is 122 Å². The third-order valence-corrected chi connectivity index (χ3v) is 3.70. The minimum Gasteiger partial charge on any atom is -0.426 e. The molecule has 1 saturated heterocycles. The van der Waals surface area contributed by atoms with Crippen LogP contribution < -0.4 is 4.74 Å². The number of carbonyl (C=O) groups is 2. The van der Waals surface area contributed by atoms with E-state index in [0.29, 0.717) is 30.9 Å². The average Bonchev–Trinajstić information content (AvgIpc) is 3.01. The average molecular weight is 284 g/mol. The quantitative estimate of drug-likeness (QED) is 0.494. The summed E-state index contributed by atoms with van der Waals surface area (Å²) in [4.78, 5) is 23.3.